The molecule has 4 rings (SSSR count). The maximum atomic E-state index is 13.8. The van der Waals surface area contributed by atoms with E-state index in [1.807, 2.05) is 0 Å². The van der Waals surface area contributed by atoms with Crippen LogP contribution >= 0.6 is 0 Å². The number of carbonyl (C=O) groups excluding carboxylic acids is 2. The molecule has 0 aliphatic carbocycles. The van der Waals surface area contributed by atoms with Gasteiger partial charge in [-0.15, -0.1) is 0 Å². The smallest absolute Gasteiger partial charge is 0.449 e. The summed E-state index contributed by atoms with van der Waals surface area (Å²) in [4.78, 5) is 28.2. The summed E-state index contributed by atoms with van der Waals surface area (Å²) in [5.74, 6) is -6.52. The highest BCUT2D eigenvalue weighted by Crippen LogP contribution is 2.53. The Morgan fingerprint density at radius 3 is 2.53 bits per heavy atom. The zero-order chi connectivity index (χ0) is 23.6. The number of alkyl halides is 3. The molecule has 13 heteroatoms. The fourth-order valence-electron chi connectivity index (χ4n) is 4.22. The molecule has 1 aromatic carbocycles. The van der Waals surface area contributed by atoms with Gasteiger partial charge in [0.2, 0.25) is 12.0 Å². The Morgan fingerprint density at radius 2 is 1.91 bits per heavy atom. The van der Waals surface area contributed by atoms with Crippen molar-refractivity contribution in [3.63, 3.8) is 0 Å². The quantitative estimate of drug-likeness (QED) is 0.242. The summed E-state index contributed by atoms with van der Waals surface area (Å²) in [6.45, 7) is -0.151. The predicted molar refractivity (Wildman–Crippen MR) is 94.1 cm³/mol. The molecule has 3 heterocycles. The number of carbonyl (C=O) groups is 2. The zero-order valence-electron chi connectivity index (χ0n) is 16.5. The largest absolute Gasteiger partial charge is 0.464 e. The van der Waals surface area contributed by atoms with Crippen molar-refractivity contribution in [2.45, 2.75) is 37.8 Å². The van der Waals surface area contributed by atoms with Crippen LogP contribution in [0.1, 0.15) is 40.2 Å². The maximum absolute atomic E-state index is 13.8. The molecule has 1 amide bonds. The number of quaternary nitrogens is 1. The van der Waals surface area contributed by atoms with Crippen LogP contribution in [0.3, 0.4) is 0 Å². The standard InChI is InChI=1S/C19H17F6N4O3/c1-32-17(31)16-13-6-29(7-14(29)28(13)18(27-16)19(23,24)25)15(30)4-9(26)2-8-3-11(21)12(22)5-10(8)20/h3,5,9,14H,2,4,6-7,26H2,1H3/q+1. The lowest BCUT2D eigenvalue weighted by Crippen LogP contribution is -2.37. The van der Waals surface area contributed by atoms with Crippen molar-refractivity contribution < 1.29 is 45.2 Å². The molecule has 0 radical (unpaired) electrons. The number of rotatable bonds is 5. The van der Waals surface area contributed by atoms with Crippen LogP contribution in [0.15, 0.2) is 12.1 Å². The number of hydrogen-bond donors (Lipinski definition) is 1. The highest BCUT2D eigenvalue weighted by atomic mass is 19.4. The van der Waals surface area contributed by atoms with E-state index in [-0.39, 0.29) is 41.7 Å². The number of benzene rings is 1. The SMILES string of the molecule is COC(=O)c1nc(C(F)(F)F)n2c1C[N+]1(C(=O)CC(N)Cc3cc(F)c(F)cc3F)CC21. The van der Waals surface area contributed by atoms with Gasteiger partial charge in [-0.3, -0.25) is 4.57 Å². The number of amides is 1. The number of methoxy groups -OCH3 is 1. The topological polar surface area (TPSA) is 87.2 Å². The van der Waals surface area contributed by atoms with E-state index >= 15 is 0 Å². The first-order valence-electron chi connectivity index (χ1n) is 9.44. The molecule has 32 heavy (non-hydrogen) atoms. The molecule has 3 atom stereocenters. The van der Waals surface area contributed by atoms with Crippen molar-refractivity contribution in [3.8, 4) is 0 Å². The fraction of sp³-hybridized carbons (Fsp3) is 0.421. The number of aromatic nitrogens is 2. The minimum absolute atomic E-state index is 0.0537. The molecule has 0 bridgehead atoms. The zero-order valence-corrected chi connectivity index (χ0v) is 16.5. The molecular formula is C19H17F6N4O3+. The normalized spacial score (nSPS) is 22.3. The monoisotopic (exact) mass is 463 g/mol. The van der Waals surface area contributed by atoms with Crippen molar-refractivity contribution in [2.75, 3.05) is 13.7 Å². The number of halogens is 6. The van der Waals surface area contributed by atoms with Crippen LogP contribution in [0, 0.1) is 17.5 Å². The van der Waals surface area contributed by atoms with Crippen molar-refractivity contribution in [2.24, 2.45) is 5.73 Å². The molecule has 172 valence electrons. The van der Waals surface area contributed by atoms with Crippen molar-refractivity contribution in [1.29, 1.82) is 0 Å². The lowest BCUT2D eigenvalue weighted by Gasteiger charge is -2.16. The van der Waals surface area contributed by atoms with E-state index in [2.05, 4.69) is 9.72 Å². The van der Waals surface area contributed by atoms with Crippen LogP contribution in [0.25, 0.3) is 0 Å². The molecular weight excluding hydrogens is 446 g/mol. The van der Waals surface area contributed by atoms with Crippen LogP contribution in [0.5, 0.6) is 0 Å². The molecule has 2 aromatic rings. The summed E-state index contributed by atoms with van der Waals surface area (Å²) in [6, 6.07) is 0.0263. The highest BCUT2D eigenvalue weighted by Gasteiger charge is 2.69. The van der Waals surface area contributed by atoms with Crippen molar-refractivity contribution >= 4 is 11.9 Å². The molecule has 0 spiro atoms. The second-order valence-electron chi connectivity index (χ2n) is 7.87. The predicted octanol–water partition coefficient (Wildman–Crippen LogP) is 2.44. The van der Waals surface area contributed by atoms with E-state index in [9.17, 15) is 35.9 Å². The van der Waals surface area contributed by atoms with Crippen LogP contribution in [0.2, 0.25) is 0 Å². The highest BCUT2D eigenvalue weighted by molar-refractivity contribution is 5.89. The number of nitrogens with zero attached hydrogens (tertiary/aromatic N) is 3. The second-order valence-corrected chi connectivity index (χ2v) is 7.87. The summed E-state index contributed by atoms with van der Waals surface area (Å²) in [7, 11) is 1.00. The Kier molecular flexibility index (Phi) is 5.08. The van der Waals surface area contributed by atoms with Crippen molar-refractivity contribution in [1.82, 2.24) is 9.55 Å². The summed E-state index contributed by atoms with van der Waals surface area (Å²) < 4.78 is 85.6. The van der Waals surface area contributed by atoms with Gasteiger partial charge in [0.15, 0.2) is 23.9 Å². The van der Waals surface area contributed by atoms with Gasteiger partial charge in [-0.2, -0.15) is 13.2 Å². The van der Waals surface area contributed by atoms with Gasteiger partial charge < -0.3 is 10.5 Å². The van der Waals surface area contributed by atoms with E-state index in [4.69, 9.17) is 5.73 Å². The van der Waals surface area contributed by atoms with Crippen LogP contribution in [-0.4, -0.2) is 45.6 Å². The Balaban J connectivity index is 1.54. The van der Waals surface area contributed by atoms with Gasteiger partial charge in [-0.05, 0) is 18.1 Å². The Hall–Kier alpha value is -2.93. The lowest BCUT2D eigenvalue weighted by molar-refractivity contribution is -0.749. The van der Waals surface area contributed by atoms with Crippen molar-refractivity contribution in [3.05, 3.63) is 52.4 Å². The fourth-order valence-corrected chi connectivity index (χ4v) is 4.22. The van der Waals surface area contributed by atoms with Crippen LogP contribution in [-0.2, 0) is 28.7 Å². The third-order valence-corrected chi connectivity index (χ3v) is 5.80. The van der Waals surface area contributed by atoms with Gasteiger partial charge in [0.05, 0.1) is 13.5 Å². The molecule has 1 fully saturated rings. The molecule has 0 saturated carbocycles. The van der Waals surface area contributed by atoms with Gasteiger partial charge >= 0.3 is 18.1 Å². The number of imidazole rings is 1. The third-order valence-electron chi connectivity index (χ3n) is 5.80. The van der Waals surface area contributed by atoms with Crippen LogP contribution in [0.4, 0.5) is 26.3 Å². The molecule has 2 aliphatic rings. The third kappa shape index (κ3) is 3.45. The van der Waals surface area contributed by atoms with Gasteiger partial charge in [0.1, 0.15) is 18.1 Å². The average Bonchev–Trinajstić information content (AvgIpc) is 3.13. The lowest BCUT2D eigenvalue weighted by atomic mass is 10.0. The molecule has 3 unspecified atom stereocenters. The molecule has 2 N–H and O–H groups in total. The number of fused-ring (bicyclic) bond motifs is 3. The van der Waals surface area contributed by atoms with E-state index in [0.29, 0.717) is 12.1 Å². The van der Waals surface area contributed by atoms with Gasteiger partial charge in [-0.25, -0.2) is 32.2 Å². The second kappa shape index (κ2) is 7.30. The van der Waals surface area contributed by atoms with E-state index in [1.54, 1.807) is 0 Å². The summed E-state index contributed by atoms with van der Waals surface area (Å²) >= 11 is 0. The van der Waals surface area contributed by atoms with E-state index in [0.717, 1.165) is 11.7 Å². The minimum atomic E-state index is -4.85. The first-order valence-corrected chi connectivity index (χ1v) is 9.44. The maximum Gasteiger partial charge on any atom is 0.449 e. The summed E-state index contributed by atoms with van der Waals surface area (Å²) in [5.41, 5.74) is 5.10. The van der Waals surface area contributed by atoms with Gasteiger partial charge in [-0.1, -0.05) is 0 Å². The number of esters is 1. The van der Waals surface area contributed by atoms with Gasteiger partial charge in [0.25, 0.3) is 0 Å². The van der Waals surface area contributed by atoms with E-state index in [1.165, 1.54) is 0 Å². The molecule has 2 aliphatic heterocycles. The Labute approximate surface area is 177 Å². The minimum Gasteiger partial charge on any atom is -0.464 e. The molecule has 7 nitrogen and oxygen atoms in total. The van der Waals surface area contributed by atoms with E-state index < -0.39 is 59.2 Å². The summed E-state index contributed by atoms with van der Waals surface area (Å²) in [6.07, 6.45) is -6.38. The van der Waals surface area contributed by atoms with Gasteiger partial charge in [0, 0.05) is 12.1 Å². The number of hydrogen-bond acceptors (Lipinski definition) is 5. The number of ether oxygens (including phenoxy) is 1. The number of nitrogens with two attached hydrogens (primary N) is 1. The van der Waals surface area contributed by atoms with Crippen LogP contribution < -0.4 is 5.73 Å². The Morgan fingerprint density at radius 1 is 1.25 bits per heavy atom. The summed E-state index contributed by atoms with van der Waals surface area (Å²) in [5, 5.41) is 0. The Bertz CT molecular complexity index is 1130. The first-order chi connectivity index (χ1) is 14.9. The average molecular weight is 463 g/mol. The first kappa shape index (κ1) is 22.3. The molecule has 1 aromatic heterocycles. The molecule has 1 saturated heterocycles.